The van der Waals surface area contributed by atoms with Gasteiger partial charge in [0.2, 0.25) is 11.8 Å². The molecule has 14 nitrogen and oxygen atoms in total. The second-order valence-corrected chi connectivity index (χ2v) is 17.1. The number of ether oxygens (including phenoxy) is 4. The van der Waals surface area contributed by atoms with Gasteiger partial charge in [0.25, 0.3) is 0 Å². The van der Waals surface area contributed by atoms with Gasteiger partial charge < -0.3 is 50.0 Å². The normalized spacial score (nSPS) is 13.3. The lowest BCUT2D eigenvalue weighted by molar-refractivity contribution is -0.127. The average Bonchev–Trinajstić information content (AvgIpc) is 3.16. The van der Waals surface area contributed by atoms with Gasteiger partial charge in [0.15, 0.2) is 0 Å². The van der Waals surface area contributed by atoms with Gasteiger partial charge in [-0.25, -0.2) is 0 Å². The first-order chi connectivity index (χ1) is 27.6. The molecule has 0 radical (unpaired) electrons. The minimum Gasteiger partial charge on any atom is -0.394 e. The van der Waals surface area contributed by atoms with Crippen molar-refractivity contribution in [3.05, 3.63) is 24.3 Å². The van der Waals surface area contributed by atoms with Crippen LogP contribution in [0.25, 0.3) is 0 Å². The highest BCUT2D eigenvalue weighted by Crippen LogP contribution is 2.16. The predicted molar refractivity (Wildman–Crippen MR) is 241 cm³/mol. The topological polar surface area (TPSA) is 210 Å². The van der Waals surface area contributed by atoms with Crippen LogP contribution >= 0.6 is 0 Å². The van der Waals surface area contributed by atoms with Crippen molar-refractivity contribution >= 4 is 23.4 Å². The Morgan fingerprint density at radius 2 is 0.900 bits per heavy atom. The van der Waals surface area contributed by atoms with Crippen molar-refractivity contribution in [1.82, 2.24) is 10.6 Å². The van der Waals surface area contributed by atoms with Crippen LogP contribution in [-0.4, -0.2) is 132 Å². The van der Waals surface area contributed by atoms with Crippen LogP contribution in [0.1, 0.15) is 136 Å². The summed E-state index contributed by atoms with van der Waals surface area (Å²) in [5, 5.41) is 42.3. The van der Waals surface area contributed by atoms with Gasteiger partial charge in [0, 0.05) is 50.6 Å². The minimum atomic E-state index is -0.711. The van der Waals surface area contributed by atoms with Crippen molar-refractivity contribution in [2.45, 2.75) is 185 Å². The Balaban J connectivity index is -0.000000355. The van der Waals surface area contributed by atoms with Gasteiger partial charge in [-0.3, -0.25) is 19.2 Å². The van der Waals surface area contributed by atoms with Gasteiger partial charge in [-0.05, 0) is 78.4 Å². The van der Waals surface area contributed by atoms with Crippen molar-refractivity contribution in [1.29, 1.82) is 0 Å². The molecule has 0 aromatic carbocycles. The highest BCUT2D eigenvalue weighted by molar-refractivity contribution is 5.86. The lowest BCUT2D eigenvalue weighted by Crippen LogP contribution is -2.37. The quantitative estimate of drug-likeness (QED) is 0.0519. The molecule has 6 N–H and O–H groups in total. The number of Topliss-reactive ketones (excluding diaryl/α,β-unsaturated/α-hetero) is 2. The Kier molecular flexibility index (Phi) is 40.7. The van der Waals surface area contributed by atoms with E-state index in [0.717, 1.165) is 11.1 Å². The first-order valence-corrected chi connectivity index (χ1v) is 21.7. The number of hydrogen-bond donors (Lipinski definition) is 6. The largest absolute Gasteiger partial charge is 0.394 e. The second kappa shape index (κ2) is 38.1. The van der Waals surface area contributed by atoms with E-state index in [1.54, 1.807) is 0 Å². The summed E-state index contributed by atoms with van der Waals surface area (Å²) >= 11 is 0. The Morgan fingerprint density at radius 1 is 0.500 bits per heavy atom. The molecule has 4 atom stereocenters. The van der Waals surface area contributed by atoms with Crippen LogP contribution in [0.3, 0.4) is 0 Å². The number of carbonyl (C=O) groups is 4. The van der Waals surface area contributed by atoms with Crippen molar-refractivity contribution in [3.63, 3.8) is 0 Å². The van der Waals surface area contributed by atoms with Gasteiger partial charge in [-0.2, -0.15) is 0 Å². The van der Waals surface area contributed by atoms with Crippen molar-refractivity contribution < 1.29 is 58.6 Å². The van der Waals surface area contributed by atoms with E-state index in [9.17, 15) is 29.4 Å². The zero-order valence-electron chi connectivity index (χ0n) is 40.5. The average molecular weight is 863 g/mol. The molecule has 356 valence electrons. The monoisotopic (exact) mass is 863 g/mol. The molecule has 0 aromatic rings. The molecule has 14 heteroatoms. The number of carbonyl (C=O) groups excluding carboxylic acids is 4. The summed E-state index contributed by atoms with van der Waals surface area (Å²) < 4.78 is 21.3. The van der Waals surface area contributed by atoms with E-state index in [4.69, 9.17) is 29.2 Å². The van der Waals surface area contributed by atoms with E-state index in [-0.39, 0.29) is 124 Å². The number of aliphatic hydroxyl groups is 4. The first-order valence-electron chi connectivity index (χ1n) is 21.7. The minimum absolute atomic E-state index is 0.00145. The van der Waals surface area contributed by atoms with Crippen LogP contribution in [0.15, 0.2) is 24.3 Å². The van der Waals surface area contributed by atoms with Gasteiger partial charge >= 0.3 is 0 Å². The maximum Gasteiger partial charge on any atom is 0.220 e. The molecule has 0 aliphatic heterocycles. The van der Waals surface area contributed by atoms with Crippen LogP contribution in [0.4, 0.5) is 0 Å². The fourth-order valence-corrected chi connectivity index (χ4v) is 4.31. The Morgan fingerprint density at radius 3 is 1.23 bits per heavy atom. The summed E-state index contributed by atoms with van der Waals surface area (Å²) in [6, 6.07) is 0. The van der Waals surface area contributed by atoms with E-state index < -0.39 is 18.3 Å². The van der Waals surface area contributed by atoms with Gasteiger partial charge in [0.05, 0.1) is 69.2 Å². The van der Waals surface area contributed by atoms with Gasteiger partial charge in [-0.1, -0.05) is 68.5 Å². The number of rotatable bonds is 28. The first kappa shape index (κ1) is 64.1. The molecule has 0 fully saturated rings. The lowest BCUT2D eigenvalue weighted by atomic mass is 10.00. The molecular formula is C46H90N2O12. The van der Waals surface area contributed by atoms with Crippen molar-refractivity contribution in [2.75, 3.05) is 39.5 Å². The van der Waals surface area contributed by atoms with E-state index in [1.165, 1.54) is 0 Å². The molecule has 0 aliphatic carbocycles. The molecule has 0 aromatic heterocycles. The zero-order valence-corrected chi connectivity index (χ0v) is 40.5. The maximum atomic E-state index is 11.5. The summed E-state index contributed by atoms with van der Waals surface area (Å²) in [5.41, 5.74) is 1.81. The van der Waals surface area contributed by atoms with Crippen LogP contribution in [0, 0.1) is 23.7 Å². The molecule has 0 saturated carbocycles. The number of amides is 2. The predicted octanol–water partition coefficient (Wildman–Crippen LogP) is 5.76. The Labute approximate surface area is 364 Å². The fraction of sp³-hybridized carbons (Fsp3) is 0.826. The highest BCUT2D eigenvalue weighted by atomic mass is 16.5. The molecular weight excluding hydrogens is 773 g/mol. The molecule has 0 spiro atoms. The summed E-state index contributed by atoms with van der Waals surface area (Å²) in [6.07, 6.45) is -0.589. The molecule has 0 rings (SSSR count). The number of aliphatic hydroxyl groups excluding tert-OH is 4. The maximum absolute atomic E-state index is 11.5. The summed E-state index contributed by atoms with van der Waals surface area (Å²) in [5.74, 6) is 0.366. The summed E-state index contributed by atoms with van der Waals surface area (Å²) in [4.78, 5) is 45.5. The van der Waals surface area contributed by atoms with Crippen molar-refractivity contribution in [3.8, 4) is 0 Å². The molecule has 0 saturated heterocycles. The third-order valence-electron chi connectivity index (χ3n) is 8.35. The van der Waals surface area contributed by atoms with E-state index in [2.05, 4.69) is 37.6 Å². The van der Waals surface area contributed by atoms with Crippen LogP contribution < -0.4 is 10.6 Å². The Bertz CT molecular complexity index is 1150. The Hall–Kier alpha value is -2.56. The van der Waals surface area contributed by atoms with E-state index >= 15 is 0 Å². The summed E-state index contributed by atoms with van der Waals surface area (Å²) in [7, 11) is 0. The molecule has 60 heavy (non-hydrogen) atoms. The fourth-order valence-electron chi connectivity index (χ4n) is 4.31. The zero-order chi connectivity index (χ0) is 47.7. The number of hydrogen-bond acceptors (Lipinski definition) is 12. The highest BCUT2D eigenvalue weighted by Gasteiger charge is 2.17. The number of ketones is 2. The standard InChI is InChI=1S/2C13H25NO4.2C10H20O2/c1-9(2)12(16)5-6-13(17)14-7-11(15)8-18-10(3)4;1-9(2)12(16)5-6-13(17)14-7-11(8-15)18-10(3)4;1-7(2)9(5)10(11)6-12-8(3)4;1-7(2)9(5)10(6-11)12-8(3)4/h2*9-11,15H,5-8H2,1-4H3,(H,14,17);2*7-8,10-11H,5-6H2,1-4H3. The molecule has 0 bridgehead atoms. The van der Waals surface area contributed by atoms with Crippen LogP contribution in [0.5, 0.6) is 0 Å². The van der Waals surface area contributed by atoms with E-state index in [0.29, 0.717) is 18.4 Å². The van der Waals surface area contributed by atoms with Crippen LogP contribution in [-0.2, 0) is 38.1 Å². The van der Waals surface area contributed by atoms with Gasteiger partial charge in [0.1, 0.15) is 17.7 Å². The second-order valence-electron chi connectivity index (χ2n) is 17.1. The molecule has 0 aliphatic rings. The third kappa shape index (κ3) is 40.8. The lowest BCUT2D eigenvalue weighted by Gasteiger charge is -2.22. The van der Waals surface area contributed by atoms with Gasteiger partial charge in [-0.15, -0.1) is 0 Å². The van der Waals surface area contributed by atoms with E-state index in [1.807, 2.05) is 96.9 Å². The van der Waals surface area contributed by atoms with Crippen molar-refractivity contribution in [2.24, 2.45) is 23.7 Å². The molecule has 2 amide bonds. The number of nitrogens with one attached hydrogen (secondary N) is 2. The molecule has 4 unspecified atom stereocenters. The molecule has 0 heterocycles. The summed E-state index contributed by atoms with van der Waals surface area (Å²) in [6.45, 7) is 39.2. The third-order valence-corrected chi connectivity index (χ3v) is 8.35. The van der Waals surface area contributed by atoms with Crippen LogP contribution in [0.2, 0.25) is 0 Å². The SMILES string of the molecule is C=C(C(C)C)C(CO)OC(C)C.C=C(C(C)C)C(O)COC(C)C.CC(C)OC(CO)CNC(=O)CCC(=O)C(C)C.CC(C)OCC(O)CNC(=O)CCC(=O)C(C)C. The smallest absolute Gasteiger partial charge is 0.220 e.